The monoisotopic (exact) mass is 334 g/mol. The molecule has 1 unspecified atom stereocenters. The number of carbonyl (C=O) groups excluding carboxylic acids is 1. The molecule has 0 radical (unpaired) electrons. The number of carboxylic acids is 1. The molecule has 1 aromatic rings. The summed E-state index contributed by atoms with van der Waals surface area (Å²) >= 11 is 0. The number of carbonyl (C=O) groups is 2. The highest BCUT2D eigenvalue weighted by atomic mass is 16.4. The Morgan fingerprint density at radius 1 is 1.29 bits per heavy atom. The molecule has 1 saturated heterocycles. The smallest absolute Gasteiger partial charge is 0.326 e. The van der Waals surface area contributed by atoms with Crippen LogP contribution in [0.5, 0.6) is 0 Å². The molecule has 132 valence electrons. The number of hydrogen-bond acceptors (Lipinski definition) is 5. The van der Waals surface area contributed by atoms with Gasteiger partial charge in [-0.15, -0.1) is 0 Å². The molecule has 0 aromatic carbocycles. The minimum atomic E-state index is -0.964. The van der Waals surface area contributed by atoms with Gasteiger partial charge in [-0.05, 0) is 18.6 Å². The summed E-state index contributed by atoms with van der Waals surface area (Å²) in [6.07, 6.45) is 3.31. The third-order valence-corrected chi connectivity index (χ3v) is 4.21. The number of rotatable bonds is 8. The second kappa shape index (κ2) is 9.22. The van der Waals surface area contributed by atoms with E-state index >= 15 is 0 Å². The molecule has 1 amide bonds. The number of aliphatic carboxylic acids is 1. The molecule has 1 atom stereocenters. The molecule has 2 rings (SSSR count). The summed E-state index contributed by atoms with van der Waals surface area (Å²) in [4.78, 5) is 31.8. The summed E-state index contributed by atoms with van der Waals surface area (Å²) in [5.41, 5.74) is 0. The Hall–Kier alpha value is -2.15. The molecule has 0 spiro atoms. The SMILES string of the molecule is CCCC(NC(=O)CCN1CCN(c2ccccn2)CC1)C(=O)O. The van der Waals surface area contributed by atoms with Gasteiger partial charge in [0.2, 0.25) is 5.91 Å². The molecule has 0 aliphatic carbocycles. The first-order valence-electron chi connectivity index (χ1n) is 8.50. The van der Waals surface area contributed by atoms with Gasteiger partial charge < -0.3 is 15.3 Å². The lowest BCUT2D eigenvalue weighted by atomic mass is 10.1. The molecule has 1 aromatic heterocycles. The van der Waals surface area contributed by atoms with Gasteiger partial charge in [0.1, 0.15) is 11.9 Å². The van der Waals surface area contributed by atoms with Gasteiger partial charge >= 0.3 is 5.97 Å². The van der Waals surface area contributed by atoms with E-state index in [0.29, 0.717) is 19.4 Å². The van der Waals surface area contributed by atoms with Gasteiger partial charge in [-0.25, -0.2) is 9.78 Å². The summed E-state index contributed by atoms with van der Waals surface area (Å²) in [6.45, 7) is 6.07. The topological polar surface area (TPSA) is 85.8 Å². The van der Waals surface area contributed by atoms with Crippen LogP contribution in [0.25, 0.3) is 0 Å². The van der Waals surface area contributed by atoms with E-state index in [1.807, 2.05) is 25.1 Å². The van der Waals surface area contributed by atoms with Gasteiger partial charge in [0.25, 0.3) is 0 Å². The first kappa shape index (κ1) is 18.2. The zero-order chi connectivity index (χ0) is 17.4. The minimum absolute atomic E-state index is 0.192. The number of aromatic nitrogens is 1. The Kier molecular flexibility index (Phi) is 6.99. The van der Waals surface area contributed by atoms with E-state index in [2.05, 4.69) is 20.1 Å². The average Bonchev–Trinajstić information content (AvgIpc) is 2.61. The van der Waals surface area contributed by atoms with Crippen molar-refractivity contribution in [1.82, 2.24) is 15.2 Å². The highest BCUT2D eigenvalue weighted by molar-refractivity contribution is 5.83. The predicted octanol–water partition coefficient (Wildman–Crippen LogP) is 0.963. The number of hydrogen-bond donors (Lipinski definition) is 2. The number of pyridine rings is 1. The summed E-state index contributed by atoms with van der Waals surface area (Å²) in [7, 11) is 0. The molecule has 1 fully saturated rings. The minimum Gasteiger partial charge on any atom is -0.480 e. The molecule has 7 heteroatoms. The van der Waals surface area contributed by atoms with Gasteiger partial charge in [-0.2, -0.15) is 0 Å². The zero-order valence-electron chi connectivity index (χ0n) is 14.1. The van der Waals surface area contributed by atoms with Gasteiger partial charge in [0, 0.05) is 45.3 Å². The lowest BCUT2D eigenvalue weighted by Crippen LogP contribution is -2.48. The van der Waals surface area contributed by atoms with Crippen molar-refractivity contribution in [2.75, 3.05) is 37.6 Å². The largest absolute Gasteiger partial charge is 0.480 e. The molecule has 2 heterocycles. The van der Waals surface area contributed by atoms with E-state index in [9.17, 15) is 9.59 Å². The van der Waals surface area contributed by atoms with Crippen LogP contribution in [0.1, 0.15) is 26.2 Å². The van der Waals surface area contributed by atoms with Crippen LogP contribution in [0.15, 0.2) is 24.4 Å². The molecular formula is C17H26N4O3. The van der Waals surface area contributed by atoms with Crippen LogP contribution in [0, 0.1) is 0 Å². The number of nitrogens with one attached hydrogen (secondary N) is 1. The summed E-state index contributed by atoms with van der Waals surface area (Å²) in [6, 6.07) is 5.11. The van der Waals surface area contributed by atoms with Crippen molar-refractivity contribution in [3.8, 4) is 0 Å². The first-order valence-corrected chi connectivity index (χ1v) is 8.50. The van der Waals surface area contributed by atoms with Crippen LogP contribution in [0.4, 0.5) is 5.82 Å². The third kappa shape index (κ3) is 5.49. The van der Waals surface area contributed by atoms with E-state index in [1.165, 1.54) is 0 Å². The van der Waals surface area contributed by atoms with E-state index in [1.54, 1.807) is 6.20 Å². The maximum absolute atomic E-state index is 11.9. The van der Waals surface area contributed by atoms with Crippen LogP contribution in [-0.4, -0.2) is 65.6 Å². The Labute approximate surface area is 142 Å². The molecule has 2 N–H and O–H groups in total. The van der Waals surface area contributed by atoms with Crippen molar-refractivity contribution < 1.29 is 14.7 Å². The van der Waals surface area contributed by atoms with E-state index in [0.717, 1.165) is 38.4 Å². The number of piperazine rings is 1. The van der Waals surface area contributed by atoms with Crippen LogP contribution in [-0.2, 0) is 9.59 Å². The summed E-state index contributed by atoms with van der Waals surface area (Å²) in [5, 5.41) is 11.7. The number of nitrogens with zero attached hydrogens (tertiary/aromatic N) is 3. The van der Waals surface area contributed by atoms with Crippen molar-refractivity contribution in [3.63, 3.8) is 0 Å². The number of amides is 1. The summed E-state index contributed by atoms with van der Waals surface area (Å²) in [5.74, 6) is -0.170. The van der Waals surface area contributed by atoms with Crippen molar-refractivity contribution in [2.45, 2.75) is 32.2 Å². The Bertz CT molecular complexity index is 530. The van der Waals surface area contributed by atoms with E-state index in [4.69, 9.17) is 5.11 Å². The second-order valence-electron chi connectivity index (χ2n) is 6.01. The normalized spacial score (nSPS) is 16.6. The lowest BCUT2D eigenvalue weighted by molar-refractivity contribution is -0.142. The quantitative estimate of drug-likeness (QED) is 0.737. The lowest BCUT2D eigenvalue weighted by Gasteiger charge is -2.35. The van der Waals surface area contributed by atoms with Crippen molar-refractivity contribution >= 4 is 17.7 Å². The van der Waals surface area contributed by atoms with Gasteiger partial charge in [0.15, 0.2) is 0 Å². The first-order chi connectivity index (χ1) is 11.6. The Morgan fingerprint density at radius 2 is 2.04 bits per heavy atom. The van der Waals surface area contributed by atoms with Crippen molar-refractivity contribution in [2.24, 2.45) is 0 Å². The molecule has 24 heavy (non-hydrogen) atoms. The summed E-state index contributed by atoms with van der Waals surface area (Å²) < 4.78 is 0. The molecular weight excluding hydrogens is 308 g/mol. The van der Waals surface area contributed by atoms with Gasteiger partial charge in [-0.3, -0.25) is 9.69 Å². The highest BCUT2D eigenvalue weighted by Crippen LogP contribution is 2.12. The number of carboxylic acid groups (broad SMARTS) is 1. The molecule has 1 aliphatic heterocycles. The zero-order valence-corrected chi connectivity index (χ0v) is 14.1. The second-order valence-corrected chi connectivity index (χ2v) is 6.01. The maximum Gasteiger partial charge on any atom is 0.326 e. The van der Waals surface area contributed by atoms with Crippen molar-refractivity contribution in [3.05, 3.63) is 24.4 Å². The molecule has 0 bridgehead atoms. The molecule has 0 saturated carbocycles. The Morgan fingerprint density at radius 3 is 2.62 bits per heavy atom. The van der Waals surface area contributed by atoms with Crippen molar-refractivity contribution in [1.29, 1.82) is 0 Å². The number of anilines is 1. The third-order valence-electron chi connectivity index (χ3n) is 4.21. The average molecular weight is 334 g/mol. The molecule has 7 nitrogen and oxygen atoms in total. The molecule has 1 aliphatic rings. The standard InChI is InChI=1S/C17H26N4O3/c1-2-5-14(17(23)24)19-16(22)7-9-20-10-12-21(13-11-20)15-6-3-4-8-18-15/h3-4,6,8,14H,2,5,7,9-13H2,1H3,(H,19,22)(H,23,24). The van der Waals surface area contributed by atoms with E-state index < -0.39 is 12.0 Å². The fourth-order valence-corrected chi connectivity index (χ4v) is 2.81. The predicted molar refractivity (Wildman–Crippen MR) is 92.0 cm³/mol. The van der Waals surface area contributed by atoms with Gasteiger partial charge in [-0.1, -0.05) is 19.4 Å². The fourth-order valence-electron chi connectivity index (χ4n) is 2.81. The van der Waals surface area contributed by atoms with Crippen LogP contribution in [0.2, 0.25) is 0 Å². The Balaban J connectivity index is 1.70. The van der Waals surface area contributed by atoms with Gasteiger partial charge in [0.05, 0.1) is 0 Å². The fraction of sp³-hybridized carbons (Fsp3) is 0.588. The van der Waals surface area contributed by atoms with Crippen LogP contribution < -0.4 is 10.2 Å². The van der Waals surface area contributed by atoms with Crippen LogP contribution >= 0.6 is 0 Å². The maximum atomic E-state index is 11.9. The van der Waals surface area contributed by atoms with E-state index in [-0.39, 0.29) is 5.91 Å². The highest BCUT2D eigenvalue weighted by Gasteiger charge is 2.21. The van der Waals surface area contributed by atoms with Crippen LogP contribution in [0.3, 0.4) is 0 Å².